The lowest BCUT2D eigenvalue weighted by molar-refractivity contribution is -0.117. The summed E-state index contributed by atoms with van der Waals surface area (Å²) in [6.45, 7) is 5.12. The van der Waals surface area contributed by atoms with Crippen LogP contribution in [0, 0.1) is 11.6 Å². The summed E-state index contributed by atoms with van der Waals surface area (Å²) in [5.74, 6) is -2.32. The molecule has 0 bridgehead atoms. The molecule has 2 aromatic rings. The van der Waals surface area contributed by atoms with Gasteiger partial charge in [0, 0.05) is 25.6 Å². The molecule has 0 atom stereocenters. The molecule has 0 radical (unpaired) electrons. The summed E-state index contributed by atoms with van der Waals surface area (Å²) in [7, 11) is 0. The number of carbonyl (C=O) groups is 2. The molecule has 0 spiro atoms. The highest BCUT2D eigenvalue weighted by atomic mass is 19.1. The highest BCUT2D eigenvalue weighted by Crippen LogP contribution is 2.25. The molecule has 26 heavy (non-hydrogen) atoms. The molecule has 0 aliphatic rings. The molecule has 1 N–H and O–H groups in total. The lowest BCUT2D eigenvalue weighted by atomic mass is 10.0. The van der Waals surface area contributed by atoms with Crippen molar-refractivity contribution in [3.63, 3.8) is 0 Å². The average molecular weight is 360 g/mol. The lowest BCUT2D eigenvalue weighted by Gasteiger charge is -2.22. The van der Waals surface area contributed by atoms with Crippen molar-refractivity contribution in [2.24, 2.45) is 0 Å². The zero-order valence-electron chi connectivity index (χ0n) is 15.1. The molecule has 2 rings (SSSR count). The van der Waals surface area contributed by atoms with Crippen molar-refractivity contribution in [3.8, 4) is 0 Å². The summed E-state index contributed by atoms with van der Waals surface area (Å²) in [4.78, 5) is 25.0. The number of rotatable bonds is 6. The smallest absolute Gasteiger partial charge is 0.226 e. The van der Waals surface area contributed by atoms with Gasteiger partial charge in [0.1, 0.15) is 17.3 Å². The maximum atomic E-state index is 13.9. The van der Waals surface area contributed by atoms with E-state index in [9.17, 15) is 18.4 Å². The number of hydrogen-bond donors (Lipinski definition) is 1. The minimum atomic E-state index is -0.842. The number of amides is 2. The molecular formula is C20H22F2N2O2. The number of anilines is 2. The highest BCUT2D eigenvalue weighted by molar-refractivity contribution is 5.95. The standard InChI is InChI=1S/C20H22F2N2O2/c1-13(2)15-7-4-5-10-18(15)23-19(26)11-12-24(14(3)25)20-16(21)8-6-9-17(20)22/h4-10,13H,11-12H2,1-3H3,(H,23,26). The zero-order valence-corrected chi connectivity index (χ0v) is 15.1. The van der Waals surface area contributed by atoms with Crippen LogP contribution in [0.3, 0.4) is 0 Å². The molecule has 0 fully saturated rings. The Bertz CT molecular complexity index is 786. The quantitative estimate of drug-likeness (QED) is 0.826. The van der Waals surface area contributed by atoms with Crippen molar-refractivity contribution >= 4 is 23.2 Å². The molecule has 138 valence electrons. The number of benzene rings is 2. The molecule has 0 saturated heterocycles. The first-order valence-corrected chi connectivity index (χ1v) is 8.42. The molecule has 2 aromatic carbocycles. The predicted molar refractivity (Wildman–Crippen MR) is 98.2 cm³/mol. The van der Waals surface area contributed by atoms with E-state index in [1.165, 1.54) is 13.0 Å². The van der Waals surface area contributed by atoms with Crippen molar-refractivity contribution in [2.75, 3.05) is 16.8 Å². The van der Waals surface area contributed by atoms with Gasteiger partial charge in [-0.05, 0) is 29.7 Å². The second-order valence-electron chi connectivity index (χ2n) is 6.28. The summed E-state index contributed by atoms with van der Waals surface area (Å²) in [5, 5.41) is 2.80. The number of nitrogens with one attached hydrogen (secondary N) is 1. The Labute approximate surface area is 151 Å². The van der Waals surface area contributed by atoms with Gasteiger partial charge in [-0.25, -0.2) is 8.78 Å². The molecule has 0 aliphatic carbocycles. The van der Waals surface area contributed by atoms with E-state index in [1.54, 1.807) is 6.07 Å². The second-order valence-corrected chi connectivity index (χ2v) is 6.28. The van der Waals surface area contributed by atoms with Crippen molar-refractivity contribution in [1.29, 1.82) is 0 Å². The van der Waals surface area contributed by atoms with Gasteiger partial charge < -0.3 is 10.2 Å². The van der Waals surface area contributed by atoms with Crippen LogP contribution in [0.25, 0.3) is 0 Å². The molecule has 0 aromatic heterocycles. The molecule has 2 amide bonds. The van der Waals surface area contributed by atoms with Crippen molar-refractivity contribution < 1.29 is 18.4 Å². The van der Waals surface area contributed by atoms with E-state index < -0.39 is 23.2 Å². The zero-order chi connectivity index (χ0) is 19.3. The third-order valence-corrected chi connectivity index (χ3v) is 4.01. The van der Waals surface area contributed by atoms with Gasteiger partial charge in [0.2, 0.25) is 11.8 Å². The number of carbonyl (C=O) groups excluding carboxylic acids is 2. The molecule has 0 saturated carbocycles. The first-order valence-electron chi connectivity index (χ1n) is 8.42. The first kappa shape index (κ1) is 19.6. The maximum Gasteiger partial charge on any atom is 0.226 e. The van der Waals surface area contributed by atoms with E-state index in [0.29, 0.717) is 5.69 Å². The van der Waals surface area contributed by atoms with E-state index >= 15 is 0 Å². The monoisotopic (exact) mass is 360 g/mol. The summed E-state index contributed by atoms with van der Waals surface area (Å²) in [6, 6.07) is 10.8. The Hall–Kier alpha value is -2.76. The third kappa shape index (κ3) is 4.65. The van der Waals surface area contributed by atoms with Gasteiger partial charge in [0.05, 0.1) is 0 Å². The van der Waals surface area contributed by atoms with Crippen LogP contribution >= 0.6 is 0 Å². The molecular weight excluding hydrogens is 338 g/mol. The van der Waals surface area contributed by atoms with Crippen molar-refractivity contribution in [2.45, 2.75) is 33.1 Å². The lowest BCUT2D eigenvalue weighted by Crippen LogP contribution is -2.33. The molecule has 0 heterocycles. The van der Waals surface area contributed by atoms with Crippen LogP contribution in [-0.2, 0) is 9.59 Å². The Morgan fingerprint density at radius 3 is 2.23 bits per heavy atom. The van der Waals surface area contributed by atoms with Gasteiger partial charge in [0.25, 0.3) is 0 Å². The van der Waals surface area contributed by atoms with Crippen LogP contribution in [0.1, 0.15) is 38.7 Å². The normalized spacial score (nSPS) is 10.7. The number of para-hydroxylation sites is 2. The number of hydrogen-bond acceptors (Lipinski definition) is 2. The Kier molecular flexibility index (Phi) is 6.44. The van der Waals surface area contributed by atoms with Crippen LogP contribution < -0.4 is 10.2 Å². The predicted octanol–water partition coefficient (Wildman–Crippen LogP) is 4.47. The van der Waals surface area contributed by atoms with Crippen LogP contribution in [0.15, 0.2) is 42.5 Å². The van der Waals surface area contributed by atoms with E-state index in [2.05, 4.69) is 5.32 Å². The Morgan fingerprint density at radius 2 is 1.65 bits per heavy atom. The van der Waals surface area contributed by atoms with Gasteiger partial charge in [-0.15, -0.1) is 0 Å². The average Bonchev–Trinajstić information content (AvgIpc) is 2.57. The van der Waals surface area contributed by atoms with E-state index in [-0.39, 0.29) is 24.8 Å². The molecule has 0 unspecified atom stereocenters. The summed E-state index contributed by atoms with van der Waals surface area (Å²) in [5.41, 5.74) is 1.25. The molecule has 6 heteroatoms. The Morgan fingerprint density at radius 1 is 1.04 bits per heavy atom. The minimum absolute atomic E-state index is 0.0835. The molecule has 0 aliphatic heterocycles. The number of halogens is 2. The van der Waals surface area contributed by atoms with Crippen molar-refractivity contribution in [3.05, 3.63) is 59.7 Å². The van der Waals surface area contributed by atoms with Gasteiger partial charge in [-0.3, -0.25) is 9.59 Å². The SMILES string of the molecule is CC(=O)N(CCC(=O)Nc1ccccc1C(C)C)c1c(F)cccc1F. The molecule has 4 nitrogen and oxygen atoms in total. The summed E-state index contributed by atoms with van der Waals surface area (Å²) in [6.07, 6.45) is -0.0835. The van der Waals surface area contributed by atoms with Crippen LogP contribution in [0.4, 0.5) is 20.2 Å². The fourth-order valence-corrected chi connectivity index (χ4v) is 2.71. The minimum Gasteiger partial charge on any atom is -0.326 e. The highest BCUT2D eigenvalue weighted by Gasteiger charge is 2.21. The van der Waals surface area contributed by atoms with Gasteiger partial charge in [-0.1, -0.05) is 38.1 Å². The van der Waals surface area contributed by atoms with Gasteiger partial charge in [-0.2, -0.15) is 0 Å². The third-order valence-electron chi connectivity index (χ3n) is 4.01. The van der Waals surface area contributed by atoms with Crippen LogP contribution in [0.2, 0.25) is 0 Å². The topological polar surface area (TPSA) is 49.4 Å². The van der Waals surface area contributed by atoms with E-state index in [4.69, 9.17) is 0 Å². The maximum absolute atomic E-state index is 13.9. The summed E-state index contributed by atoms with van der Waals surface area (Å²) < 4.78 is 27.9. The Balaban J connectivity index is 2.11. The van der Waals surface area contributed by atoms with Gasteiger partial charge in [0.15, 0.2) is 0 Å². The fourth-order valence-electron chi connectivity index (χ4n) is 2.71. The van der Waals surface area contributed by atoms with E-state index in [0.717, 1.165) is 22.6 Å². The number of nitrogens with zero attached hydrogens (tertiary/aromatic N) is 1. The van der Waals surface area contributed by atoms with E-state index in [1.807, 2.05) is 32.0 Å². The first-order chi connectivity index (χ1) is 12.3. The van der Waals surface area contributed by atoms with Crippen LogP contribution in [-0.4, -0.2) is 18.4 Å². The summed E-state index contributed by atoms with van der Waals surface area (Å²) >= 11 is 0. The fraction of sp³-hybridized carbons (Fsp3) is 0.300. The largest absolute Gasteiger partial charge is 0.326 e. The van der Waals surface area contributed by atoms with Gasteiger partial charge >= 0.3 is 0 Å². The second kappa shape index (κ2) is 8.56. The van der Waals surface area contributed by atoms with Crippen molar-refractivity contribution in [1.82, 2.24) is 0 Å². The van der Waals surface area contributed by atoms with Crippen LogP contribution in [0.5, 0.6) is 0 Å².